The van der Waals surface area contributed by atoms with E-state index in [2.05, 4.69) is 66.2 Å². The van der Waals surface area contributed by atoms with Crippen molar-refractivity contribution >= 4 is 5.69 Å². The highest BCUT2D eigenvalue weighted by atomic mass is 15.3. The fourth-order valence-corrected chi connectivity index (χ4v) is 2.70. The molecule has 134 valence electrons. The number of aromatic amines is 1. The van der Waals surface area contributed by atoms with Gasteiger partial charge >= 0.3 is 0 Å². The summed E-state index contributed by atoms with van der Waals surface area (Å²) in [5.41, 5.74) is 4.32. The third-order valence-electron chi connectivity index (χ3n) is 4.31. The van der Waals surface area contributed by atoms with Gasteiger partial charge in [-0.25, -0.2) is 0 Å². The Hall–Kier alpha value is -1.84. The van der Waals surface area contributed by atoms with E-state index in [-0.39, 0.29) is 0 Å². The van der Waals surface area contributed by atoms with Gasteiger partial charge in [0.2, 0.25) is 0 Å². The zero-order valence-electron chi connectivity index (χ0n) is 15.9. The van der Waals surface area contributed by atoms with Crippen molar-refractivity contribution in [2.45, 2.75) is 66.2 Å². The molecule has 4 heteroatoms. The van der Waals surface area contributed by atoms with Crippen LogP contribution in [0.4, 0.5) is 5.69 Å². The topological polar surface area (TPSA) is 44.8 Å². The summed E-state index contributed by atoms with van der Waals surface area (Å²) in [6.07, 6.45) is 11.2. The Balaban J connectivity index is 0.000000488. The minimum Gasteiger partial charge on any atom is -0.371 e. The minimum atomic E-state index is 1.21. The molecule has 0 aliphatic heterocycles. The second kappa shape index (κ2) is 12.6. The Bertz CT molecular complexity index is 495. The normalized spacial score (nSPS) is 10.2. The molecule has 0 saturated carbocycles. The van der Waals surface area contributed by atoms with Gasteiger partial charge in [0.05, 0.1) is 6.20 Å². The zero-order valence-corrected chi connectivity index (χ0v) is 15.9. The molecule has 2 aromatic rings. The fraction of sp³-hybridized carbons (Fsp3) is 0.600. The van der Waals surface area contributed by atoms with E-state index in [1.807, 2.05) is 0 Å². The minimum absolute atomic E-state index is 1.21. The maximum atomic E-state index is 3.42. The van der Waals surface area contributed by atoms with E-state index < -0.39 is 0 Å². The first-order chi connectivity index (χ1) is 11.7. The van der Waals surface area contributed by atoms with Crippen LogP contribution >= 0.6 is 0 Å². The summed E-state index contributed by atoms with van der Waals surface area (Å²) in [5, 5.41) is 9.26. The van der Waals surface area contributed by atoms with Crippen molar-refractivity contribution in [3.05, 3.63) is 41.7 Å². The average Bonchev–Trinajstić information content (AvgIpc) is 3.16. The Labute approximate surface area is 147 Å². The summed E-state index contributed by atoms with van der Waals surface area (Å²) >= 11 is 0. The van der Waals surface area contributed by atoms with Gasteiger partial charge in [-0.15, -0.1) is 5.10 Å². The maximum Gasteiger partial charge on any atom is 0.0690 e. The molecule has 24 heavy (non-hydrogen) atoms. The van der Waals surface area contributed by atoms with Crippen molar-refractivity contribution in [2.75, 3.05) is 18.0 Å². The lowest BCUT2D eigenvalue weighted by Gasteiger charge is -2.27. The summed E-state index contributed by atoms with van der Waals surface area (Å²) in [6.45, 7) is 11.5. The predicted octanol–water partition coefficient (Wildman–Crippen LogP) is 5.29. The van der Waals surface area contributed by atoms with E-state index in [0.717, 1.165) is 0 Å². The van der Waals surface area contributed by atoms with Crippen LogP contribution in [-0.4, -0.2) is 28.5 Å². The molecular formula is C20H34N4. The molecule has 0 atom stereocenters. The number of aromatic nitrogens is 3. The second-order valence-corrected chi connectivity index (χ2v) is 6.28. The smallest absolute Gasteiger partial charge is 0.0690 e. The van der Waals surface area contributed by atoms with E-state index in [9.17, 15) is 0 Å². The highest BCUT2D eigenvalue weighted by molar-refractivity contribution is 5.55. The van der Waals surface area contributed by atoms with Gasteiger partial charge in [-0.3, -0.25) is 5.10 Å². The van der Waals surface area contributed by atoms with Crippen LogP contribution in [-0.2, 0) is 0 Å². The molecule has 0 fully saturated rings. The molecule has 2 rings (SSSR count). The number of anilines is 1. The number of rotatable bonds is 9. The monoisotopic (exact) mass is 330 g/mol. The molecule has 0 aliphatic rings. The molecule has 1 heterocycles. The number of nitrogens with zero attached hydrogens (tertiary/aromatic N) is 3. The molecule has 0 aliphatic carbocycles. The zero-order chi connectivity index (χ0) is 17.6. The number of nitrogens with one attached hydrogen (secondary N) is 1. The van der Waals surface area contributed by atoms with Gasteiger partial charge in [0.15, 0.2) is 0 Å². The van der Waals surface area contributed by atoms with E-state index >= 15 is 0 Å². The van der Waals surface area contributed by atoms with E-state index in [1.165, 1.54) is 68.4 Å². The Kier molecular flexibility index (Phi) is 10.6. The SMILES string of the molecule is CCCCCN(CCCCC)c1cccc(C)c1C.c1c[nH]nn1. The number of benzene rings is 1. The van der Waals surface area contributed by atoms with Gasteiger partial charge in [-0.1, -0.05) is 56.9 Å². The Morgan fingerprint density at radius 2 is 1.62 bits per heavy atom. The Morgan fingerprint density at radius 1 is 0.958 bits per heavy atom. The van der Waals surface area contributed by atoms with Gasteiger partial charge in [-0.05, 0) is 43.9 Å². The number of aryl methyl sites for hydroxylation is 1. The predicted molar refractivity (Wildman–Crippen MR) is 104 cm³/mol. The van der Waals surface area contributed by atoms with Crippen LogP contribution in [0.25, 0.3) is 0 Å². The van der Waals surface area contributed by atoms with Crippen LogP contribution in [0.5, 0.6) is 0 Å². The van der Waals surface area contributed by atoms with Crippen LogP contribution in [0.1, 0.15) is 63.5 Å². The summed E-state index contributed by atoms with van der Waals surface area (Å²) in [6, 6.07) is 6.71. The van der Waals surface area contributed by atoms with Crippen LogP contribution < -0.4 is 4.90 Å². The molecule has 0 spiro atoms. The van der Waals surface area contributed by atoms with Crippen molar-refractivity contribution in [3.8, 4) is 0 Å². The lowest BCUT2D eigenvalue weighted by atomic mass is 10.1. The van der Waals surface area contributed by atoms with Gasteiger partial charge in [0.25, 0.3) is 0 Å². The average molecular weight is 331 g/mol. The summed E-state index contributed by atoms with van der Waals surface area (Å²) in [7, 11) is 0. The van der Waals surface area contributed by atoms with Gasteiger partial charge in [0, 0.05) is 25.0 Å². The molecule has 4 nitrogen and oxygen atoms in total. The van der Waals surface area contributed by atoms with Gasteiger partial charge in [-0.2, -0.15) is 0 Å². The van der Waals surface area contributed by atoms with Crippen molar-refractivity contribution in [1.29, 1.82) is 0 Å². The highest BCUT2D eigenvalue weighted by Gasteiger charge is 2.09. The van der Waals surface area contributed by atoms with Crippen molar-refractivity contribution in [3.63, 3.8) is 0 Å². The molecule has 0 amide bonds. The van der Waals surface area contributed by atoms with Crippen LogP contribution in [0.2, 0.25) is 0 Å². The molecule has 1 aromatic carbocycles. The first-order valence-corrected chi connectivity index (χ1v) is 9.32. The molecule has 0 unspecified atom stereocenters. The van der Waals surface area contributed by atoms with Gasteiger partial charge < -0.3 is 4.90 Å². The third-order valence-corrected chi connectivity index (χ3v) is 4.31. The molecule has 1 N–H and O–H groups in total. The summed E-state index contributed by atoms with van der Waals surface area (Å²) < 4.78 is 0. The number of hydrogen-bond acceptors (Lipinski definition) is 3. The first-order valence-electron chi connectivity index (χ1n) is 9.32. The fourth-order valence-electron chi connectivity index (χ4n) is 2.70. The first kappa shape index (κ1) is 20.2. The van der Waals surface area contributed by atoms with Crippen LogP contribution in [0, 0.1) is 13.8 Å². The lowest BCUT2D eigenvalue weighted by molar-refractivity contribution is 0.635. The van der Waals surface area contributed by atoms with E-state index in [0.29, 0.717) is 0 Å². The van der Waals surface area contributed by atoms with Crippen molar-refractivity contribution < 1.29 is 0 Å². The standard InChI is InChI=1S/C18H31N.C2H3N3/c1-5-7-9-14-19(15-10-8-6-2)18-13-11-12-16(3)17(18)4;1-2-4-5-3-1/h11-13H,5-10,14-15H2,1-4H3;1-2H,(H,3,4,5). The van der Waals surface area contributed by atoms with E-state index in [4.69, 9.17) is 0 Å². The number of unbranched alkanes of at least 4 members (excludes halogenated alkanes) is 4. The van der Waals surface area contributed by atoms with Crippen molar-refractivity contribution in [1.82, 2.24) is 15.4 Å². The molecule has 0 bridgehead atoms. The molecular weight excluding hydrogens is 296 g/mol. The quantitative estimate of drug-likeness (QED) is 0.635. The molecule has 0 saturated heterocycles. The van der Waals surface area contributed by atoms with Crippen molar-refractivity contribution in [2.24, 2.45) is 0 Å². The summed E-state index contributed by atoms with van der Waals surface area (Å²) in [5.74, 6) is 0. The van der Waals surface area contributed by atoms with Crippen LogP contribution in [0.3, 0.4) is 0 Å². The number of hydrogen-bond donors (Lipinski definition) is 1. The number of H-pyrrole nitrogens is 1. The molecule has 1 aromatic heterocycles. The Morgan fingerprint density at radius 3 is 2.08 bits per heavy atom. The second-order valence-electron chi connectivity index (χ2n) is 6.28. The third kappa shape index (κ3) is 7.62. The lowest BCUT2D eigenvalue weighted by Crippen LogP contribution is -2.26. The van der Waals surface area contributed by atoms with E-state index in [1.54, 1.807) is 12.4 Å². The van der Waals surface area contributed by atoms with Gasteiger partial charge in [0.1, 0.15) is 0 Å². The summed E-state index contributed by atoms with van der Waals surface area (Å²) in [4.78, 5) is 2.60. The van der Waals surface area contributed by atoms with Crippen LogP contribution in [0.15, 0.2) is 30.6 Å². The molecule has 0 radical (unpaired) electrons. The highest BCUT2D eigenvalue weighted by Crippen LogP contribution is 2.23. The maximum absolute atomic E-state index is 3.42. The largest absolute Gasteiger partial charge is 0.371 e.